The van der Waals surface area contributed by atoms with Gasteiger partial charge in [-0.2, -0.15) is 0 Å². The van der Waals surface area contributed by atoms with Gasteiger partial charge in [0.15, 0.2) is 0 Å². The third kappa shape index (κ3) is 6.12. The van der Waals surface area contributed by atoms with Gasteiger partial charge in [0, 0.05) is 24.4 Å². The van der Waals surface area contributed by atoms with Gasteiger partial charge >= 0.3 is 7.12 Å². The van der Waals surface area contributed by atoms with Crippen molar-refractivity contribution < 1.29 is 24.5 Å². The van der Waals surface area contributed by atoms with Crippen LogP contribution in [0.25, 0.3) is 10.8 Å². The number of nitrogens with zero attached hydrogens (tertiary/aromatic N) is 2. The summed E-state index contributed by atoms with van der Waals surface area (Å²) in [4.78, 5) is 35.9. The van der Waals surface area contributed by atoms with Crippen molar-refractivity contribution in [3.8, 4) is 0 Å². The molecule has 0 spiro atoms. The van der Waals surface area contributed by atoms with Crippen molar-refractivity contribution in [1.82, 2.24) is 15.6 Å². The van der Waals surface area contributed by atoms with Crippen molar-refractivity contribution in [2.75, 3.05) is 6.54 Å². The predicted octanol–water partition coefficient (Wildman–Crippen LogP) is 2.07. The molecule has 34 heavy (non-hydrogen) atoms. The summed E-state index contributed by atoms with van der Waals surface area (Å²) in [5.41, 5.74) is -0.428. The van der Waals surface area contributed by atoms with E-state index in [9.17, 15) is 19.6 Å². The molecule has 0 radical (unpaired) electrons. The van der Waals surface area contributed by atoms with E-state index >= 15 is 0 Å². The Labute approximate surface area is 200 Å². The van der Waals surface area contributed by atoms with Gasteiger partial charge in [0.05, 0.1) is 18.2 Å². The lowest BCUT2D eigenvalue weighted by molar-refractivity contribution is -0.146. The van der Waals surface area contributed by atoms with Crippen LogP contribution in [0.3, 0.4) is 0 Å². The Balaban J connectivity index is 1.68. The SMILES string of the molecule is CC(C)CC(NC(=O)C1(CC(C)C)CC(CNC(=O)c2nccc3ccccc23)=NO1)B(O)O. The zero-order chi connectivity index (χ0) is 24.9. The first-order valence-corrected chi connectivity index (χ1v) is 11.6. The molecule has 4 N–H and O–H groups in total. The molecule has 1 aliphatic heterocycles. The smallest absolute Gasteiger partial charge is 0.426 e. The Kier molecular flexibility index (Phi) is 8.27. The van der Waals surface area contributed by atoms with Crippen LogP contribution in [0.1, 0.15) is 57.4 Å². The van der Waals surface area contributed by atoms with Crippen LogP contribution in [-0.2, 0) is 9.63 Å². The average Bonchev–Trinajstić information content (AvgIpc) is 3.19. The average molecular weight is 468 g/mol. The van der Waals surface area contributed by atoms with E-state index in [-0.39, 0.29) is 30.7 Å². The molecular formula is C24H33BN4O5. The van der Waals surface area contributed by atoms with E-state index in [2.05, 4.69) is 20.8 Å². The van der Waals surface area contributed by atoms with Crippen molar-refractivity contribution >= 4 is 35.4 Å². The third-order valence-electron chi connectivity index (χ3n) is 5.73. The van der Waals surface area contributed by atoms with E-state index in [1.807, 2.05) is 58.0 Å². The maximum absolute atomic E-state index is 13.2. The van der Waals surface area contributed by atoms with Gasteiger partial charge in [-0.3, -0.25) is 14.6 Å². The highest BCUT2D eigenvalue weighted by molar-refractivity contribution is 6.43. The molecule has 2 unspecified atom stereocenters. The number of fused-ring (bicyclic) bond motifs is 1. The maximum atomic E-state index is 13.2. The highest BCUT2D eigenvalue weighted by atomic mass is 16.7. The first kappa shape index (κ1) is 25.6. The van der Waals surface area contributed by atoms with E-state index in [4.69, 9.17) is 4.84 Å². The van der Waals surface area contributed by atoms with Gasteiger partial charge < -0.3 is 25.5 Å². The summed E-state index contributed by atoms with van der Waals surface area (Å²) < 4.78 is 0. The Morgan fingerprint density at radius 3 is 2.56 bits per heavy atom. The van der Waals surface area contributed by atoms with Gasteiger partial charge in [-0.05, 0) is 29.7 Å². The maximum Gasteiger partial charge on any atom is 0.475 e. The van der Waals surface area contributed by atoms with Crippen LogP contribution >= 0.6 is 0 Å². The molecule has 1 aliphatic rings. The highest BCUT2D eigenvalue weighted by Gasteiger charge is 2.48. The molecule has 1 aromatic heterocycles. The minimum absolute atomic E-state index is 0.106. The van der Waals surface area contributed by atoms with Crippen molar-refractivity contribution in [3.05, 3.63) is 42.2 Å². The number of carbonyl (C=O) groups is 2. The zero-order valence-electron chi connectivity index (χ0n) is 20.1. The molecule has 0 fully saturated rings. The van der Waals surface area contributed by atoms with Crippen LogP contribution in [0.4, 0.5) is 0 Å². The van der Waals surface area contributed by atoms with Gasteiger partial charge in [0.25, 0.3) is 11.8 Å². The van der Waals surface area contributed by atoms with Gasteiger partial charge in [-0.25, -0.2) is 0 Å². The molecule has 2 amide bonds. The van der Waals surface area contributed by atoms with Gasteiger partial charge in [-0.15, -0.1) is 0 Å². The van der Waals surface area contributed by atoms with Crippen molar-refractivity contribution in [2.45, 2.75) is 58.5 Å². The topological polar surface area (TPSA) is 133 Å². The first-order chi connectivity index (χ1) is 16.1. The molecule has 0 saturated heterocycles. The molecule has 182 valence electrons. The number of hydrogen-bond donors (Lipinski definition) is 4. The molecular weight excluding hydrogens is 435 g/mol. The summed E-state index contributed by atoms with van der Waals surface area (Å²) in [6.45, 7) is 7.92. The monoisotopic (exact) mass is 468 g/mol. The number of aromatic nitrogens is 1. The second kappa shape index (κ2) is 11.0. The van der Waals surface area contributed by atoms with Gasteiger partial charge in [0.1, 0.15) is 5.69 Å². The van der Waals surface area contributed by atoms with Crippen molar-refractivity contribution in [2.24, 2.45) is 17.0 Å². The fraction of sp³-hybridized carbons (Fsp3) is 0.500. The van der Waals surface area contributed by atoms with Crippen molar-refractivity contribution in [1.29, 1.82) is 0 Å². The van der Waals surface area contributed by atoms with Gasteiger partial charge in [-0.1, -0.05) is 57.1 Å². The molecule has 0 saturated carbocycles. The van der Waals surface area contributed by atoms with Crippen LogP contribution in [0.2, 0.25) is 0 Å². The minimum Gasteiger partial charge on any atom is -0.426 e. The Morgan fingerprint density at radius 1 is 1.15 bits per heavy atom. The largest absolute Gasteiger partial charge is 0.475 e. The van der Waals surface area contributed by atoms with Crippen LogP contribution in [0, 0.1) is 11.8 Å². The van der Waals surface area contributed by atoms with Crippen molar-refractivity contribution in [3.63, 3.8) is 0 Å². The number of nitrogens with one attached hydrogen (secondary N) is 2. The fourth-order valence-electron chi connectivity index (χ4n) is 4.25. The lowest BCUT2D eigenvalue weighted by atomic mass is 9.74. The predicted molar refractivity (Wildman–Crippen MR) is 131 cm³/mol. The standard InChI is InChI=1S/C24H33BN4O5/c1-15(2)11-20(25(32)33)28-23(31)24(12-16(3)4)13-18(29-34-24)14-27-22(30)21-19-8-6-5-7-17(19)9-10-26-21/h5-10,15-16,20,32-33H,11-14H2,1-4H3,(H,27,30)(H,28,31). The summed E-state index contributed by atoms with van der Waals surface area (Å²) in [6.07, 6.45) is 2.58. The Hall–Kier alpha value is -2.98. The van der Waals surface area contributed by atoms with Crippen LogP contribution in [0.15, 0.2) is 41.7 Å². The number of hydrogen-bond acceptors (Lipinski definition) is 7. The lowest BCUT2D eigenvalue weighted by Crippen LogP contribution is -2.55. The Bertz CT molecular complexity index is 1050. The molecule has 1 aromatic carbocycles. The van der Waals surface area contributed by atoms with E-state index in [1.165, 1.54) is 0 Å². The number of carbonyl (C=O) groups excluding carboxylic acids is 2. The third-order valence-corrected chi connectivity index (χ3v) is 5.73. The number of oxime groups is 1. The quantitative estimate of drug-likeness (QED) is 0.395. The second-order valence-electron chi connectivity index (χ2n) is 9.70. The van der Waals surface area contributed by atoms with E-state index in [1.54, 1.807) is 6.20 Å². The first-order valence-electron chi connectivity index (χ1n) is 11.6. The Morgan fingerprint density at radius 2 is 1.88 bits per heavy atom. The number of rotatable bonds is 10. The molecule has 2 heterocycles. The summed E-state index contributed by atoms with van der Waals surface area (Å²) in [6, 6.07) is 9.35. The molecule has 9 nitrogen and oxygen atoms in total. The lowest BCUT2D eigenvalue weighted by Gasteiger charge is -2.30. The minimum atomic E-state index is -1.68. The highest BCUT2D eigenvalue weighted by Crippen LogP contribution is 2.32. The normalized spacial score (nSPS) is 18.5. The number of benzene rings is 1. The number of pyridine rings is 1. The van der Waals surface area contributed by atoms with E-state index < -0.39 is 24.6 Å². The van der Waals surface area contributed by atoms with Gasteiger partial charge in [0.2, 0.25) is 5.60 Å². The summed E-state index contributed by atoms with van der Waals surface area (Å²) >= 11 is 0. The summed E-state index contributed by atoms with van der Waals surface area (Å²) in [5.74, 6) is -1.33. The van der Waals surface area contributed by atoms with E-state index in [0.717, 1.165) is 10.8 Å². The van der Waals surface area contributed by atoms with Crippen LogP contribution < -0.4 is 10.6 Å². The van der Waals surface area contributed by atoms with Crippen LogP contribution in [0.5, 0.6) is 0 Å². The molecule has 0 bridgehead atoms. The zero-order valence-corrected chi connectivity index (χ0v) is 20.1. The summed E-state index contributed by atoms with van der Waals surface area (Å²) in [7, 11) is -1.68. The fourth-order valence-corrected chi connectivity index (χ4v) is 4.25. The molecule has 2 aromatic rings. The molecule has 10 heteroatoms. The number of amides is 2. The van der Waals surface area contributed by atoms with Crippen LogP contribution in [-0.4, -0.2) is 57.8 Å². The second-order valence-corrected chi connectivity index (χ2v) is 9.70. The molecule has 2 atom stereocenters. The molecule has 0 aliphatic carbocycles. The molecule has 3 rings (SSSR count). The van der Waals surface area contributed by atoms with E-state index in [0.29, 0.717) is 24.2 Å². The summed E-state index contributed by atoms with van der Waals surface area (Å²) in [5, 5.41) is 30.8.